The Morgan fingerprint density at radius 1 is 1.35 bits per heavy atom. The van der Waals surface area contributed by atoms with Crippen LogP contribution in [0.2, 0.25) is 0 Å². The van der Waals surface area contributed by atoms with Gasteiger partial charge in [-0.1, -0.05) is 0 Å². The van der Waals surface area contributed by atoms with Gasteiger partial charge in [0.25, 0.3) is 11.4 Å². The molecule has 0 bridgehead atoms. The number of aliphatic carboxylic acids is 1. The summed E-state index contributed by atoms with van der Waals surface area (Å²) in [4.78, 5) is 52.2. The van der Waals surface area contributed by atoms with Crippen LogP contribution in [0.1, 0.15) is 6.23 Å². The van der Waals surface area contributed by atoms with Crippen molar-refractivity contribution in [1.29, 1.82) is 0 Å². The minimum absolute atomic E-state index is 0.606. The van der Waals surface area contributed by atoms with Crippen LogP contribution in [0.3, 0.4) is 0 Å². The number of aromatic nitrogens is 2. The molecule has 1 saturated heterocycles. The van der Waals surface area contributed by atoms with Crippen LogP contribution in [0.25, 0.3) is 0 Å². The van der Waals surface area contributed by atoms with Gasteiger partial charge in [0.15, 0.2) is 6.23 Å². The second-order valence-electron chi connectivity index (χ2n) is 5.56. The zero-order chi connectivity index (χ0) is 19.8. The van der Waals surface area contributed by atoms with Crippen molar-refractivity contribution in [3.63, 3.8) is 0 Å². The van der Waals surface area contributed by atoms with Gasteiger partial charge in [-0.15, -0.1) is 0 Å². The molecule has 2 rings (SSSR count). The minimum atomic E-state index is -5.13. The highest BCUT2D eigenvalue weighted by Crippen LogP contribution is 2.42. The second kappa shape index (κ2) is 7.40. The van der Waals surface area contributed by atoms with E-state index in [0.717, 1.165) is 21.4 Å². The van der Waals surface area contributed by atoms with E-state index in [9.17, 15) is 29.2 Å². The quantitative estimate of drug-likeness (QED) is 0.303. The van der Waals surface area contributed by atoms with Crippen LogP contribution in [0, 0.1) is 0 Å². The lowest BCUT2D eigenvalue weighted by Gasteiger charge is -2.19. The standard InChI is InChI=1S/C12H17N2O11P/c1-13-6(15)2-3-14(12(13)20)9-8(17)7(16)5(25-9)4-24-11(10(18)19)26(21,22)23/h2-3,5,7-9,11,16-17H,4H2,1H3,(H,18,19)(H2,21,22,23)/t5-,7+,8-,9-,11-/m1/s1. The molecule has 1 fully saturated rings. The zero-order valence-electron chi connectivity index (χ0n) is 13.3. The Balaban J connectivity index is 2.19. The Morgan fingerprint density at radius 2 is 1.96 bits per heavy atom. The summed E-state index contributed by atoms with van der Waals surface area (Å²) in [5.41, 5.74) is -1.45. The molecule has 0 amide bonds. The Kier molecular flexibility index (Phi) is 5.82. The average molecular weight is 396 g/mol. The molecule has 1 aliphatic heterocycles. The first-order chi connectivity index (χ1) is 11.9. The molecule has 2 heterocycles. The van der Waals surface area contributed by atoms with Gasteiger partial charge in [0.2, 0.25) is 0 Å². The highest BCUT2D eigenvalue weighted by Gasteiger charge is 2.46. The van der Waals surface area contributed by atoms with Gasteiger partial charge in [0, 0.05) is 19.3 Å². The fraction of sp³-hybridized carbons (Fsp3) is 0.583. The smallest absolute Gasteiger partial charge is 0.365 e. The minimum Gasteiger partial charge on any atom is -0.479 e. The van der Waals surface area contributed by atoms with Gasteiger partial charge in [-0.2, -0.15) is 0 Å². The van der Waals surface area contributed by atoms with Crippen molar-refractivity contribution in [2.45, 2.75) is 30.4 Å². The fourth-order valence-corrected chi connectivity index (χ4v) is 2.94. The largest absolute Gasteiger partial charge is 0.479 e. The second-order valence-corrected chi connectivity index (χ2v) is 7.21. The molecular weight excluding hydrogens is 379 g/mol. The summed E-state index contributed by atoms with van der Waals surface area (Å²) in [5, 5.41) is 28.8. The summed E-state index contributed by atoms with van der Waals surface area (Å²) in [6, 6.07) is 1.03. The summed E-state index contributed by atoms with van der Waals surface area (Å²) in [6.45, 7) is -0.780. The van der Waals surface area contributed by atoms with Gasteiger partial charge in [-0.25, -0.2) is 9.59 Å². The van der Waals surface area contributed by atoms with Gasteiger partial charge >= 0.3 is 19.3 Å². The SMILES string of the molecule is Cn1c(=O)ccn([C@@H]2O[C@H](CO[C@@H](C(=O)O)P(=O)(O)O)[C@H](O)[C@H]2O)c1=O. The van der Waals surface area contributed by atoms with E-state index in [1.807, 2.05) is 0 Å². The van der Waals surface area contributed by atoms with E-state index in [-0.39, 0.29) is 0 Å². The first-order valence-electron chi connectivity index (χ1n) is 7.14. The summed E-state index contributed by atoms with van der Waals surface area (Å²) in [6.07, 6.45) is -5.04. The normalized spacial score (nSPS) is 27.4. The summed E-state index contributed by atoms with van der Waals surface area (Å²) < 4.78 is 22.6. The lowest BCUT2D eigenvalue weighted by atomic mass is 10.1. The van der Waals surface area contributed by atoms with E-state index in [1.165, 1.54) is 7.05 Å². The molecule has 26 heavy (non-hydrogen) atoms. The number of aliphatic hydroxyl groups is 2. The molecule has 14 heteroatoms. The molecular formula is C12H17N2O11P. The Labute approximate surface area is 144 Å². The Hall–Kier alpha value is -1.86. The summed E-state index contributed by atoms with van der Waals surface area (Å²) in [7, 11) is -3.94. The Bertz CT molecular complexity index is 842. The van der Waals surface area contributed by atoms with Crippen LogP contribution < -0.4 is 11.2 Å². The maximum absolute atomic E-state index is 12.1. The highest BCUT2D eigenvalue weighted by atomic mass is 31.2. The Morgan fingerprint density at radius 3 is 2.50 bits per heavy atom. The maximum atomic E-state index is 12.1. The number of aliphatic hydroxyl groups excluding tert-OH is 2. The van der Waals surface area contributed by atoms with E-state index in [4.69, 9.17) is 19.6 Å². The predicted octanol–water partition coefficient (Wildman–Crippen LogP) is -3.23. The number of carboxylic acids is 1. The molecule has 0 aliphatic carbocycles. The number of hydrogen-bond donors (Lipinski definition) is 5. The van der Waals surface area contributed by atoms with Gasteiger partial charge in [0.1, 0.15) is 18.3 Å². The van der Waals surface area contributed by atoms with Gasteiger partial charge < -0.3 is 34.6 Å². The van der Waals surface area contributed by atoms with Crippen LogP contribution >= 0.6 is 7.60 Å². The van der Waals surface area contributed by atoms with Crippen molar-refractivity contribution >= 4 is 13.6 Å². The van der Waals surface area contributed by atoms with Crippen molar-refractivity contribution < 1.29 is 43.9 Å². The molecule has 0 aromatic carbocycles. The molecule has 0 spiro atoms. The van der Waals surface area contributed by atoms with Gasteiger partial charge in [-0.3, -0.25) is 18.5 Å². The van der Waals surface area contributed by atoms with Gasteiger partial charge in [-0.05, 0) is 0 Å². The third-order valence-electron chi connectivity index (χ3n) is 3.76. The molecule has 1 aromatic heterocycles. The van der Waals surface area contributed by atoms with Crippen LogP contribution in [-0.2, 0) is 25.9 Å². The molecule has 1 aliphatic rings. The molecule has 5 N–H and O–H groups in total. The first kappa shape index (κ1) is 20.5. The summed E-state index contributed by atoms with van der Waals surface area (Å²) in [5.74, 6) is -4.40. The number of rotatable bonds is 6. The molecule has 146 valence electrons. The number of carboxylic acid groups (broad SMARTS) is 1. The van der Waals surface area contributed by atoms with E-state index < -0.39 is 61.8 Å². The third kappa shape index (κ3) is 3.94. The third-order valence-corrected chi connectivity index (χ3v) is 4.74. The van der Waals surface area contributed by atoms with Crippen molar-refractivity contribution in [2.24, 2.45) is 7.05 Å². The van der Waals surface area contributed by atoms with Crippen LogP contribution in [-0.4, -0.2) is 71.0 Å². The predicted molar refractivity (Wildman–Crippen MR) is 81.3 cm³/mol. The molecule has 0 saturated carbocycles. The van der Waals surface area contributed by atoms with Crippen molar-refractivity contribution in [2.75, 3.05) is 6.61 Å². The van der Waals surface area contributed by atoms with E-state index in [0.29, 0.717) is 0 Å². The lowest BCUT2D eigenvalue weighted by Crippen LogP contribution is -2.41. The number of ether oxygens (including phenoxy) is 2. The maximum Gasteiger partial charge on any atom is 0.365 e. The average Bonchev–Trinajstić information content (AvgIpc) is 2.80. The van der Waals surface area contributed by atoms with Crippen molar-refractivity contribution in [1.82, 2.24) is 9.13 Å². The van der Waals surface area contributed by atoms with E-state index in [1.54, 1.807) is 0 Å². The number of hydrogen-bond acceptors (Lipinski definition) is 8. The topological polar surface area (TPSA) is 198 Å². The molecule has 5 atom stereocenters. The van der Waals surface area contributed by atoms with Crippen LogP contribution in [0.4, 0.5) is 0 Å². The van der Waals surface area contributed by atoms with Crippen molar-refractivity contribution in [3.8, 4) is 0 Å². The highest BCUT2D eigenvalue weighted by molar-refractivity contribution is 7.53. The monoisotopic (exact) mass is 396 g/mol. The molecule has 0 radical (unpaired) electrons. The molecule has 0 unspecified atom stereocenters. The number of carbonyl (C=O) groups is 1. The van der Waals surface area contributed by atoms with E-state index >= 15 is 0 Å². The van der Waals surface area contributed by atoms with Crippen molar-refractivity contribution in [3.05, 3.63) is 33.1 Å². The molecule has 13 nitrogen and oxygen atoms in total. The van der Waals surface area contributed by atoms with Crippen LogP contribution in [0.15, 0.2) is 21.9 Å². The van der Waals surface area contributed by atoms with Gasteiger partial charge in [0.05, 0.1) is 6.61 Å². The number of nitrogens with zero attached hydrogens (tertiary/aromatic N) is 2. The molecule has 1 aromatic rings. The summed E-state index contributed by atoms with van der Waals surface area (Å²) >= 11 is 0. The zero-order valence-corrected chi connectivity index (χ0v) is 14.2. The van der Waals surface area contributed by atoms with E-state index in [2.05, 4.69) is 4.74 Å². The van der Waals surface area contributed by atoms with Crippen LogP contribution in [0.5, 0.6) is 0 Å². The first-order valence-corrected chi connectivity index (χ1v) is 8.82. The fourth-order valence-electron chi connectivity index (χ4n) is 2.38. The lowest BCUT2D eigenvalue weighted by molar-refractivity contribution is -0.149.